The predicted octanol–water partition coefficient (Wildman–Crippen LogP) is 5.36. The standard InChI is InChI=1S/C33H31F3N4O5/c1-32(2)30(42)40(31(43)45-32)20-29(41)39-15-14-27(26(19-39)23-6-4-3-5-7-23)38-18-25-16-24(12-13-28(25)44-33(34,35)36)22-10-8-21(17-37)9-11-22/h3-13,16,26-27,38H,14-15,18-20H2,1-2H3/t26-,27-/m0/s1. The molecule has 234 valence electrons. The number of imide groups is 1. The first-order valence-electron chi connectivity index (χ1n) is 14.3. The van der Waals surface area contributed by atoms with Gasteiger partial charge in [0, 0.05) is 37.2 Å². The lowest BCUT2D eigenvalue weighted by Gasteiger charge is -2.40. The number of alkyl halides is 3. The minimum Gasteiger partial charge on any atom is -0.433 e. The lowest BCUT2D eigenvalue weighted by atomic mass is 9.85. The van der Waals surface area contributed by atoms with Crippen molar-refractivity contribution < 1.29 is 37.0 Å². The number of amides is 3. The lowest BCUT2D eigenvalue weighted by Crippen LogP contribution is -2.52. The van der Waals surface area contributed by atoms with Gasteiger partial charge in [0.2, 0.25) is 5.91 Å². The van der Waals surface area contributed by atoms with Crippen LogP contribution in [0.2, 0.25) is 0 Å². The van der Waals surface area contributed by atoms with Crippen molar-refractivity contribution in [2.75, 3.05) is 19.6 Å². The highest BCUT2D eigenvalue weighted by Gasteiger charge is 2.48. The Balaban J connectivity index is 1.35. The molecule has 0 aliphatic carbocycles. The van der Waals surface area contributed by atoms with E-state index in [1.165, 1.54) is 26.0 Å². The average Bonchev–Trinajstić information content (AvgIpc) is 3.21. The van der Waals surface area contributed by atoms with Gasteiger partial charge >= 0.3 is 12.5 Å². The number of ether oxygens (including phenoxy) is 2. The van der Waals surface area contributed by atoms with Crippen molar-refractivity contribution in [3.8, 4) is 22.9 Å². The maximum absolute atomic E-state index is 13.3. The molecule has 3 aromatic carbocycles. The summed E-state index contributed by atoms with van der Waals surface area (Å²) < 4.78 is 49.3. The predicted molar refractivity (Wildman–Crippen MR) is 157 cm³/mol. The number of hydrogen-bond acceptors (Lipinski definition) is 7. The Morgan fingerprint density at radius 1 is 1.07 bits per heavy atom. The van der Waals surface area contributed by atoms with Crippen LogP contribution in [-0.4, -0.2) is 65.3 Å². The van der Waals surface area contributed by atoms with Crippen LogP contribution in [0.25, 0.3) is 11.1 Å². The van der Waals surface area contributed by atoms with Crippen molar-refractivity contribution in [2.45, 2.75) is 50.7 Å². The number of nitrogens with zero attached hydrogens (tertiary/aromatic N) is 3. The molecule has 0 spiro atoms. The molecule has 0 unspecified atom stereocenters. The number of carbonyl (C=O) groups is 3. The number of halogens is 3. The summed E-state index contributed by atoms with van der Waals surface area (Å²) >= 11 is 0. The van der Waals surface area contributed by atoms with Gasteiger partial charge in [0.15, 0.2) is 5.60 Å². The highest BCUT2D eigenvalue weighted by atomic mass is 19.4. The van der Waals surface area contributed by atoms with E-state index in [4.69, 9.17) is 10.00 Å². The Labute approximate surface area is 258 Å². The largest absolute Gasteiger partial charge is 0.573 e. The third-order valence-corrected chi connectivity index (χ3v) is 8.00. The van der Waals surface area contributed by atoms with Gasteiger partial charge in [-0.05, 0) is 61.2 Å². The lowest BCUT2D eigenvalue weighted by molar-refractivity contribution is -0.274. The second-order valence-corrected chi connectivity index (χ2v) is 11.5. The third kappa shape index (κ3) is 7.26. The normalized spacial score (nSPS) is 19.6. The maximum atomic E-state index is 13.3. The van der Waals surface area contributed by atoms with Gasteiger partial charge in [-0.3, -0.25) is 9.59 Å². The summed E-state index contributed by atoms with van der Waals surface area (Å²) in [5, 5.41) is 12.5. The number of piperidine rings is 1. The van der Waals surface area contributed by atoms with E-state index in [-0.39, 0.29) is 36.4 Å². The first kappa shape index (κ1) is 31.5. The minimum atomic E-state index is -4.89. The van der Waals surface area contributed by atoms with Crippen LogP contribution >= 0.6 is 0 Å². The number of rotatable bonds is 8. The molecule has 1 N–H and O–H groups in total. The van der Waals surface area contributed by atoms with Crippen LogP contribution in [0.4, 0.5) is 18.0 Å². The second-order valence-electron chi connectivity index (χ2n) is 11.5. The molecule has 2 fully saturated rings. The number of nitrogens with one attached hydrogen (secondary N) is 1. The van der Waals surface area contributed by atoms with Gasteiger partial charge in [0.1, 0.15) is 12.3 Å². The topological polar surface area (TPSA) is 112 Å². The van der Waals surface area contributed by atoms with Gasteiger partial charge in [0.25, 0.3) is 5.91 Å². The molecule has 0 aromatic heterocycles. The van der Waals surface area contributed by atoms with Gasteiger partial charge < -0.3 is 19.7 Å². The molecule has 9 nitrogen and oxygen atoms in total. The summed E-state index contributed by atoms with van der Waals surface area (Å²) in [7, 11) is 0. The number of benzene rings is 3. The van der Waals surface area contributed by atoms with E-state index in [0.717, 1.165) is 16.0 Å². The highest BCUT2D eigenvalue weighted by Crippen LogP contribution is 2.33. The molecule has 3 amide bonds. The van der Waals surface area contributed by atoms with E-state index in [1.807, 2.05) is 36.4 Å². The summed E-state index contributed by atoms with van der Waals surface area (Å²) in [6.45, 7) is 3.09. The molecule has 0 radical (unpaired) electrons. The van der Waals surface area contributed by atoms with Crippen LogP contribution in [0.15, 0.2) is 72.8 Å². The first-order chi connectivity index (χ1) is 21.3. The van der Waals surface area contributed by atoms with Gasteiger partial charge in [0.05, 0.1) is 11.6 Å². The molecular formula is C33H31F3N4O5. The van der Waals surface area contributed by atoms with Crippen LogP contribution in [-0.2, 0) is 20.9 Å². The summed E-state index contributed by atoms with van der Waals surface area (Å²) in [6.07, 6.45) is -5.30. The summed E-state index contributed by atoms with van der Waals surface area (Å²) in [6, 6.07) is 22.4. The third-order valence-electron chi connectivity index (χ3n) is 8.00. The zero-order valence-corrected chi connectivity index (χ0v) is 24.6. The number of nitriles is 1. The molecule has 12 heteroatoms. The van der Waals surface area contributed by atoms with Crippen LogP contribution in [0.5, 0.6) is 5.75 Å². The highest BCUT2D eigenvalue weighted by molar-refractivity contribution is 6.04. The van der Waals surface area contributed by atoms with E-state index in [1.54, 1.807) is 35.2 Å². The van der Waals surface area contributed by atoms with Crippen molar-refractivity contribution in [3.63, 3.8) is 0 Å². The molecule has 2 aliphatic rings. The van der Waals surface area contributed by atoms with Crippen LogP contribution in [0.1, 0.15) is 42.9 Å². The number of likely N-dealkylation sites (tertiary alicyclic amines) is 1. The zero-order valence-electron chi connectivity index (χ0n) is 24.6. The second kappa shape index (κ2) is 12.6. The van der Waals surface area contributed by atoms with Crippen LogP contribution in [0.3, 0.4) is 0 Å². The Hall–Kier alpha value is -4.89. The molecule has 2 atom stereocenters. The van der Waals surface area contributed by atoms with Crippen LogP contribution < -0.4 is 10.1 Å². The van der Waals surface area contributed by atoms with Gasteiger partial charge in [-0.1, -0.05) is 48.5 Å². The molecule has 0 bridgehead atoms. The van der Waals surface area contributed by atoms with Crippen molar-refractivity contribution in [1.29, 1.82) is 5.26 Å². The monoisotopic (exact) mass is 620 g/mol. The Kier molecular flexibility index (Phi) is 8.84. The van der Waals surface area contributed by atoms with Crippen molar-refractivity contribution in [2.24, 2.45) is 0 Å². The fourth-order valence-electron chi connectivity index (χ4n) is 5.66. The number of cyclic esters (lactones) is 1. The molecule has 2 saturated heterocycles. The molecule has 5 rings (SSSR count). The number of hydrogen-bond donors (Lipinski definition) is 1. The van der Waals surface area contributed by atoms with Gasteiger partial charge in [-0.15, -0.1) is 13.2 Å². The minimum absolute atomic E-state index is 0.0423. The first-order valence-corrected chi connectivity index (χ1v) is 14.3. The summed E-state index contributed by atoms with van der Waals surface area (Å²) in [5.41, 5.74) is 1.71. The van der Waals surface area contributed by atoms with E-state index < -0.39 is 36.4 Å². The Morgan fingerprint density at radius 3 is 2.38 bits per heavy atom. The van der Waals surface area contributed by atoms with E-state index in [0.29, 0.717) is 24.1 Å². The smallest absolute Gasteiger partial charge is 0.433 e. The summed E-state index contributed by atoms with van der Waals surface area (Å²) in [5.74, 6) is -1.57. The average molecular weight is 621 g/mol. The zero-order chi connectivity index (χ0) is 32.4. The SMILES string of the molecule is CC1(C)OC(=O)N(CC(=O)N2CC[C@H](NCc3cc(-c4ccc(C#N)cc4)ccc3OC(F)(F)F)[C@H](c3ccccc3)C2)C1=O. The van der Waals surface area contributed by atoms with Crippen molar-refractivity contribution in [3.05, 3.63) is 89.5 Å². The van der Waals surface area contributed by atoms with E-state index in [2.05, 4.69) is 10.1 Å². The fraction of sp³-hybridized carbons (Fsp3) is 0.333. The fourth-order valence-corrected chi connectivity index (χ4v) is 5.66. The molecule has 45 heavy (non-hydrogen) atoms. The van der Waals surface area contributed by atoms with Crippen molar-refractivity contribution >= 4 is 17.9 Å². The summed E-state index contributed by atoms with van der Waals surface area (Å²) in [4.78, 5) is 40.5. The molecule has 2 aliphatic heterocycles. The van der Waals surface area contributed by atoms with Crippen molar-refractivity contribution in [1.82, 2.24) is 15.1 Å². The maximum Gasteiger partial charge on any atom is 0.573 e. The van der Waals surface area contributed by atoms with E-state index >= 15 is 0 Å². The number of carbonyl (C=O) groups excluding carboxylic acids is 3. The molecular weight excluding hydrogens is 589 g/mol. The van der Waals surface area contributed by atoms with Gasteiger partial charge in [-0.25, -0.2) is 9.69 Å². The molecule has 0 saturated carbocycles. The van der Waals surface area contributed by atoms with Crippen LogP contribution in [0, 0.1) is 11.3 Å². The van der Waals surface area contributed by atoms with E-state index in [9.17, 15) is 27.6 Å². The quantitative estimate of drug-likeness (QED) is 0.361. The van der Waals surface area contributed by atoms with Gasteiger partial charge in [-0.2, -0.15) is 5.26 Å². The Morgan fingerprint density at radius 2 is 1.76 bits per heavy atom. The molecule has 2 heterocycles. The molecule has 3 aromatic rings. The Bertz CT molecular complexity index is 1620.